The van der Waals surface area contributed by atoms with E-state index in [4.69, 9.17) is 15.2 Å². The molecule has 0 saturated carbocycles. The van der Waals surface area contributed by atoms with Gasteiger partial charge in [0.05, 0.1) is 42.7 Å². The van der Waals surface area contributed by atoms with Crippen LogP contribution in [0.2, 0.25) is 0 Å². The van der Waals surface area contributed by atoms with Crippen LogP contribution in [0.3, 0.4) is 0 Å². The number of amides is 1. The molecular formula is C24H27F3N6O3. The topological polar surface area (TPSA) is 108 Å². The highest BCUT2D eigenvalue weighted by atomic mass is 19.4. The van der Waals surface area contributed by atoms with Crippen molar-refractivity contribution in [3.05, 3.63) is 60.0 Å². The number of benzene rings is 1. The quantitative estimate of drug-likeness (QED) is 0.551. The fourth-order valence-corrected chi connectivity index (χ4v) is 3.81. The van der Waals surface area contributed by atoms with Gasteiger partial charge in [0, 0.05) is 24.5 Å². The Balaban J connectivity index is 1.53. The van der Waals surface area contributed by atoms with Gasteiger partial charge in [-0.25, -0.2) is 9.48 Å². The minimum absolute atomic E-state index is 0.0577. The minimum Gasteiger partial charge on any atom is -0.444 e. The second kappa shape index (κ2) is 9.76. The first-order chi connectivity index (χ1) is 16.9. The molecule has 1 aliphatic heterocycles. The molecule has 1 fully saturated rings. The normalized spacial score (nSPS) is 18.4. The number of nitrogen functional groups attached to an aromatic ring is 1. The van der Waals surface area contributed by atoms with Gasteiger partial charge in [-0.3, -0.25) is 4.98 Å². The second-order valence-electron chi connectivity index (χ2n) is 9.59. The molecule has 9 nitrogen and oxygen atoms in total. The number of alkyl halides is 3. The Morgan fingerprint density at radius 3 is 2.50 bits per heavy atom. The van der Waals surface area contributed by atoms with Crippen molar-refractivity contribution in [1.29, 1.82) is 0 Å². The Morgan fingerprint density at radius 1 is 1.14 bits per heavy atom. The van der Waals surface area contributed by atoms with Crippen LogP contribution in [0, 0.1) is 0 Å². The molecule has 2 N–H and O–H groups in total. The first-order valence-corrected chi connectivity index (χ1v) is 11.3. The molecule has 2 atom stereocenters. The molecule has 0 unspecified atom stereocenters. The average Bonchev–Trinajstić information content (AvgIpc) is 3.44. The molecule has 3 heterocycles. The number of hydrogen-bond acceptors (Lipinski definition) is 7. The molecule has 0 spiro atoms. The van der Waals surface area contributed by atoms with Gasteiger partial charge in [0.1, 0.15) is 11.3 Å². The van der Waals surface area contributed by atoms with Gasteiger partial charge in [-0.2, -0.15) is 13.2 Å². The molecule has 0 aliphatic carbocycles. The van der Waals surface area contributed by atoms with Crippen molar-refractivity contribution in [2.45, 2.75) is 51.3 Å². The van der Waals surface area contributed by atoms with Crippen molar-refractivity contribution in [3.8, 4) is 11.3 Å². The summed E-state index contributed by atoms with van der Waals surface area (Å²) in [6, 6.07) is 6.10. The molecule has 1 saturated heterocycles. The van der Waals surface area contributed by atoms with Crippen LogP contribution < -0.4 is 5.73 Å². The lowest BCUT2D eigenvalue weighted by Gasteiger charge is -2.24. The molecule has 0 bridgehead atoms. The summed E-state index contributed by atoms with van der Waals surface area (Å²) in [7, 11) is 0. The maximum absolute atomic E-state index is 12.9. The highest BCUT2D eigenvalue weighted by Gasteiger charge is 2.40. The van der Waals surface area contributed by atoms with E-state index in [-0.39, 0.29) is 19.7 Å². The van der Waals surface area contributed by atoms with Gasteiger partial charge < -0.3 is 20.1 Å². The summed E-state index contributed by atoms with van der Waals surface area (Å²) in [5, 5.41) is 8.44. The van der Waals surface area contributed by atoms with E-state index in [2.05, 4.69) is 15.3 Å². The zero-order valence-corrected chi connectivity index (χ0v) is 20.1. The third kappa shape index (κ3) is 6.11. The Bertz CT molecular complexity index is 1210. The smallest absolute Gasteiger partial charge is 0.416 e. The van der Waals surface area contributed by atoms with E-state index in [1.54, 1.807) is 43.9 Å². The van der Waals surface area contributed by atoms with Crippen molar-refractivity contribution in [2.75, 3.05) is 18.8 Å². The molecular weight excluding hydrogens is 477 g/mol. The number of aromatic nitrogens is 4. The number of pyridine rings is 1. The fourth-order valence-electron chi connectivity index (χ4n) is 3.81. The predicted octanol–water partition coefficient (Wildman–Crippen LogP) is 4.32. The average molecular weight is 505 g/mol. The molecule has 36 heavy (non-hydrogen) atoms. The predicted molar refractivity (Wildman–Crippen MR) is 125 cm³/mol. The Hall–Kier alpha value is -3.67. The molecule has 0 radical (unpaired) electrons. The van der Waals surface area contributed by atoms with Gasteiger partial charge in [0.15, 0.2) is 0 Å². The maximum atomic E-state index is 12.9. The Labute approximate surface area is 206 Å². The molecule has 12 heteroatoms. The van der Waals surface area contributed by atoms with Crippen molar-refractivity contribution in [1.82, 2.24) is 24.9 Å². The summed E-state index contributed by atoms with van der Waals surface area (Å²) >= 11 is 0. The lowest BCUT2D eigenvalue weighted by atomic mass is 10.1. The molecule has 1 aliphatic rings. The van der Waals surface area contributed by atoms with E-state index < -0.39 is 35.6 Å². The number of rotatable bonds is 5. The Kier molecular flexibility index (Phi) is 6.90. The van der Waals surface area contributed by atoms with Crippen LogP contribution in [0.25, 0.3) is 11.3 Å². The molecule has 1 amide bonds. The van der Waals surface area contributed by atoms with Crippen LogP contribution in [0.1, 0.15) is 37.9 Å². The van der Waals surface area contributed by atoms with E-state index in [0.717, 1.165) is 12.1 Å². The molecule has 1 aromatic carbocycles. The number of halogens is 3. The Morgan fingerprint density at radius 2 is 1.86 bits per heavy atom. The zero-order chi connectivity index (χ0) is 26.1. The lowest BCUT2D eigenvalue weighted by Crippen LogP contribution is -2.36. The van der Waals surface area contributed by atoms with E-state index in [1.807, 2.05) is 0 Å². The van der Waals surface area contributed by atoms with Crippen LogP contribution in [0.15, 0.2) is 48.9 Å². The van der Waals surface area contributed by atoms with Crippen LogP contribution in [-0.2, 0) is 22.3 Å². The van der Waals surface area contributed by atoms with Gasteiger partial charge in [0.25, 0.3) is 0 Å². The number of nitrogens with zero attached hydrogens (tertiary/aromatic N) is 5. The summed E-state index contributed by atoms with van der Waals surface area (Å²) in [5.74, 6) is 0. The van der Waals surface area contributed by atoms with Crippen molar-refractivity contribution in [3.63, 3.8) is 0 Å². The standard InChI is InChI=1S/C24H27F3N6O3/c1-23(2,3)36-22(34)32-12-20(33-11-19(30-31-33)16-8-18(28)10-29-9-16)21(13-32)35-14-15-4-6-17(7-5-15)24(25,26)27/h4-11,20-21H,12-14,28H2,1-3H3/t20-,21-/m1/s1. The first kappa shape index (κ1) is 25.4. The van der Waals surface area contributed by atoms with Gasteiger partial charge in [0.2, 0.25) is 0 Å². The van der Waals surface area contributed by atoms with Crippen LogP contribution in [0.5, 0.6) is 0 Å². The highest BCUT2D eigenvalue weighted by molar-refractivity contribution is 5.68. The SMILES string of the molecule is CC(C)(C)OC(=O)N1C[C@@H](n2cc(-c3cncc(N)c3)nn2)[C@H](OCc2ccc(C(F)(F)F)cc2)C1. The molecule has 4 rings (SSSR count). The van der Waals surface area contributed by atoms with E-state index in [0.29, 0.717) is 22.5 Å². The van der Waals surface area contributed by atoms with Crippen LogP contribution in [-0.4, -0.2) is 55.8 Å². The summed E-state index contributed by atoms with van der Waals surface area (Å²) in [6.07, 6.45) is -0.552. The largest absolute Gasteiger partial charge is 0.444 e. The van der Waals surface area contributed by atoms with E-state index in [1.165, 1.54) is 23.2 Å². The number of hydrogen-bond donors (Lipinski definition) is 1. The molecule has 192 valence electrons. The van der Waals surface area contributed by atoms with E-state index >= 15 is 0 Å². The second-order valence-corrected chi connectivity index (χ2v) is 9.59. The number of nitrogens with two attached hydrogens (primary N) is 1. The first-order valence-electron chi connectivity index (χ1n) is 11.3. The lowest BCUT2D eigenvalue weighted by molar-refractivity contribution is -0.137. The number of carbonyl (C=O) groups excluding carboxylic acids is 1. The third-order valence-corrected chi connectivity index (χ3v) is 5.54. The van der Waals surface area contributed by atoms with Crippen molar-refractivity contribution < 1.29 is 27.4 Å². The number of carbonyl (C=O) groups is 1. The van der Waals surface area contributed by atoms with Crippen molar-refractivity contribution >= 4 is 11.8 Å². The summed E-state index contributed by atoms with van der Waals surface area (Å²) < 4.78 is 51.8. The number of anilines is 1. The van der Waals surface area contributed by atoms with Gasteiger partial charge in [-0.05, 0) is 44.5 Å². The van der Waals surface area contributed by atoms with Gasteiger partial charge >= 0.3 is 12.3 Å². The van der Waals surface area contributed by atoms with E-state index in [9.17, 15) is 18.0 Å². The summed E-state index contributed by atoms with van der Waals surface area (Å²) in [5.41, 5.74) is 6.70. The van der Waals surface area contributed by atoms with Gasteiger partial charge in [-0.15, -0.1) is 5.10 Å². The van der Waals surface area contributed by atoms with Crippen LogP contribution in [0.4, 0.5) is 23.7 Å². The zero-order valence-electron chi connectivity index (χ0n) is 20.1. The molecule has 2 aromatic heterocycles. The van der Waals surface area contributed by atoms with Gasteiger partial charge in [-0.1, -0.05) is 17.3 Å². The maximum Gasteiger partial charge on any atom is 0.416 e. The minimum atomic E-state index is -4.41. The fraction of sp³-hybridized carbons (Fsp3) is 0.417. The number of ether oxygens (including phenoxy) is 2. The molecule has 3 aromatic rings. The summed E-state index contributed by atoms with van der Waals surface area (Å²) in [4.78, 5) is 18.3. The van der Waals surface area contributed by atoms with Crippen molar-refractivity contribution in [2.24, 2.45) is 0 Å². The number of likely N-dealkylation sites (tertiary alicyclic amines) is 1. The highest BCUT2D eigenvalue weighted by Crippen LogP contribution is 2.31. The monoisotopic (exact) mass is 504 g/mol. The third-order valence-electron chi connectivity index (χ3n) is 5.54. The summed E-state index contributed by atoms with van der Waals surface area (Å²) in [6.45, 7) is 5.86. The van der Waals surface area contributed by atoms with Crippen LogP contribution >= 0.6 is 0 Å².